The number of carbonyl (C=O) groups excluding carboxylic acids is 1. The average Bonchev–Trinajstić information content (AvgIpc) is 3.45. The number of ether oxygens (including phenoxy) is 1. The van der Waals surface area contributed by atoms with Crippen LogP contribution in [-0.4, -0.2) is 38.6 Å². The van der Waals surface area contributed by atoms with Gasteiger partial charge in [-0.05, 0) is 61.9 Å². The third kappa shape index (κ3) is 5.00. The second-order valence-corrected chi connectivity index (χ2v) is 8.77. The summed E-state index contributed by atoms with van der Waals surface area (Å²) in [5.74, 6) is -0.620. The van der Waals surface area contributed by atoms with E-state index in [2.05, 4.69) is 20.3 Å². The van der Waals surface area contributed by atoms with E-state index in [1.54, 1.807) is 30.3 Å². The van der Waals surface area contributed by atoms with Crippen LogP contribution in [0.2, 0.25) is 0 Å². The molecule has 7 nitrogen and oxygen atoms in total. The van der Waals surface area contributed by atoms with Crippen molar-refractivity contribution in [3.05, 3.63) is 89.3 Å². The number of carbonyl (C=O) groups is 1. The zero-order valence-electron chi connectivity index (χ0n) is 20.2. The fourth-order valence-electron chi connectivity index (χ4n) is 4.22. The molecule has 0 spiro atoms. The number of hydrogen-bond acceptors (Lipinski definition) is 4. The highest BCUT2D eigenvalue weighted by atomic mass is 19.1. The second kappa shape index (κ2) is 9.96. The molecule has 2 aromatic heterocycles. The molecule has 2 heterocycles. The van der Waals surface area contributed by atoms with Crippen molar-refractivity contribution in [2.24, 2.45) is 7.05 Å². The van der Waals surface area contributed by atoms with Gasteiger partial charge in [-0.1, -0.05) is 0 Å². The minimum Gasteiger partial charge on any atom is -0.494 e. The number of aromatic nitrogens is 4. The smallest absolute Gasteiger partial charge is 0.251 e. The second-order valence-electron chi connectivity index (χ2n) is 8.77. The van der Waals surface area contributed by atoms with Crippen molar-refractivity contribution in [1.82, 2.24) is 24.8 Å². The lowest BCUT2D eigenvalue weighted by Crippen LogP contribution is -2.25. The lowest BCUT2D eigenvalue weighted by atomic mass is 10.1. The van der Waals surface area contributed by atoms with Crippen molar-refractivity contribution in [3.8, 4) is 5.75 Å². The van der Waals surface area contributed by atoms with E-state index in [9.17, 15) is 18.0 Å². The van der Waals surface area contributed by atoms with Crippen LogP contribution in [0.5, 0.6) is 5.75 Å². The molecule has 1 amide bonds. The van der Waals surface area contributed by atoms with Gasteiger partial charge in [0.1, 0.15) is 34.5 Å². The molecular formula is C27H24F3N5O2. The van der Waals surface area contributed by atoms with Crippen LogP contribution in [0.4, 0.5) is 13.2 Å². The summed E-state index contributed by atoms with van der Waals surface area (Å²) in [4.78, 5) is 24.7. The molecule has 0 aliphatic rings. The van der Waals surface area contributed by atoms with Gasteiger partial charge in [0.05, 0.1) is 29.1 Å². The Morgan fingerprint density at radius 3 is 2.62 bits per heavy atom. The predicted molar refractivity (Wildman–Crippen MR) is 133 cm³/mol. The molecule has 0 saturated carbocycles. The molecule has 10 heteroatoms. The number of aryl methyl sites for hydroxylation is 1. The first-order valence-corrected chi connectivity index (χ1v) is 11.8. The van der Waals surface area contributed by atoms with Crippen molar-refractivity contribution in [2.75, 3.05) is 13.2 Å². The quantitative estimate of drug-likeness (QED) is 0.282. The summed E-state index contributed by atoms with van der Waals surface area (Å²) in [5, 5.41) is 2.87. The molecule has 0 aliphatic carbocycles. The molecule has 0 radical (unpaired) electrons. The monoisotopic (exact) mass is 507 g/mol. The van der Waals surface area contributed by atoms with E-state index in [4.69, 9.17) is 4.74 Å². The number of rotatable bonds is 8. The minimum absolute atomic E-state index is 0.0732. The molecule has 2 N–H and O–H groups in total. The van der Waals surface area contributed by atoms with E-state index in [-0.39, 0.29) is 28.7 Å². The van der Waals surface area contributed by atoms with Gasteiger partial charge in [-0.25, -0.2) is 23.1 Å². The highest BCUT2D eigenvalue weighted by Crippen LogP contribution is 2.28. The Bertz CT molecular complexity index is 1590. The van der Waals surface area contributed by atoms with Crippen LogP contribution in [0.1, 0.15) is 41.3 Å². The first-order valence-electron chi connectivity index (χ1n) is 11.8. The number of fused-ring (bicyclic) bond motifs is 2. The van der Waals surface area contributed by atoms with Crippen molar-refractivity contribution in [1.29, 1.82) is 0 Å². The third-order valence-corrected chi connectivity index (χ3v) is 6.19. The van der Waals surface area contributed by atoms with Crippen LogP contribution in [0.25, 0.3) is 22.1 Å². The minimum atomic E-state index is -0.729. The summed E-state index contributed by atoms with van der Waals surface area (Å²) in [6.45, 7) is 2.66. The molecule has 1 unspecified atom stereocenters. The summed E-state index contributed by atoms with van der Waals surface area (Å²) >= 11 is 0. The van der Waals surface area contributed by atoms with E-state index in [1.165, 1.54) is 18.2 Å². The van der Waals surface area contributed by atoms with Crippen LogP contribution in [0, 0.1) is 17.5 Å². The molecule has 1 atom stereocenters. The Labute approximate surface area is 210 Å². The first-order chi connectivity index (χ1) is 17.8. The van der Waals surface area contributed by atoms with E-state index in [0.29, 0.717) is 48.1 Å². The van der Waals surface area contributed by atoms with Gasteiger partial charge in [0.2, 0.25) is 0 Å². The molecule has 37 heavy (non-hydrogen) atoms. The van der Waals surface area contributed by atoms with Gasteiger partial charge in [0.15, 0.2) is 5.82 Å². The zero-order valence-corrected chi connectivity index (χ0v) is 20.2. The highest BCUT2D eigenvalue weighted by molar-refractivity contribution is 5.97. The predicted octanol–water partition coefficient (Wildman–Crippen LogP) is 5.22. The number of nitrogens with one attached hydrogen (secondary N) is 2. The van der Waals surface area contributed by atoms with Gasteiger partial charge in [0.25, 0.3) is 5.91 Å². The molecule has 0 saturated heterocycles. The molecule has 0 fully saturated rings. The fraction of sp³-hybridized carbons (Fsp3) is 0.222. The number of aromatic amines is 1. The molecule has 5 rings (SSSR count). The van der Waals surface area contributed by atoms with E-state index in [1.807, 2.05) is 18.5 Å². The Hall–Kier alpha value is -4.34. The number of amides is 1. The van der Waals surface area contributed by atoms with Crippen molar-refractivity contribution >= 4 is 28.0 Å². The Balaban J connectivity index is 1.26. The van der Waals surface area contributed by atoms with E-state index >= 15 is 0 Å². The molecule has 3 aromatic carbocycles. The van der Waals surface area contributed by atoms with Crippen LogP contribution >= 0.6 is 0 Å². The van der Waals surface area contributed by atoms with Gasteiger partial charge in [-0.15, -0.1) is 0 Å². The molecule has 190 valence electrons. The van der Waals surface area contributed by atoms with Gasteiger partial charge >= 0.3 is 0 Å². The standard InChI is InChI=1S/C27H24F3N5O2/c1-15(25-32-22-14-18(29)13-20(30)24(22)34-25)26-33-21-9-4-16(12-23(21)35(26)2)27(36)31-10-3-11-37-19-7-5-17(28)6-8-19/h4-9,12-15H,3,10-11H2,1-2H3,(H,31,36)(H,32,34). The van der Waals surface area contributed by atoms with Gasteiger partial charge in [0, 0.05) is 25.2 Å². The number of imidazole rings is 2. The normalized spacial score (nSPS) is 12.2. The maximum Gasteiger partial charge on any atom is 0.251 e. The number of hydrogen-bond donors (Lipinski definition) is 2. The van der Waals surface area contributed by atoms with Crippen molar-refractivity contribution in [3.63, 3.8) is 0 Å². The maximum absolute atomic E-state index is 14.1. The maximum atomic E-state index is 14.1. The summed E-state index contributed by atoms with van der Waals surface area (Å²) < 4.78 is 48.0. The van der Waals surface area contributed by atoms with Crippen LogP contribution in [0.15, 0.2) is 54.6 Å². The van der Waals surface area contributed by atoms with E-state index in [0.717, 1.165) is 11.6 Å². The summed E-state index contributed by atoms with van der Waals surface area (Å²) in [5.41, 5.74) is 2.28. The van der Waals surface area contributed by atoms with E-state index < -0.39 is 11.6 Å². The highest BCUT2D eigenvalue weighted by Gasteiger charge is 2.21. The number of nitrogens with zero attached hydrogens (tertiary/aromatic N) is 3. The van der Waals surface area contributed by atoms with Crippen LogP contribution < -0.4 is 10.1 Å². The summed E-state index contributed by atoms with van der Waals surface area (Å²) in [6.07, 6.45) is 0.584. The third-order valence-electron chi connectivity index (χ3n) is 6.19. The molecule has 5 aromatic rings. The number of halogens is 3. The topological polar surface area (TPSA) is 84.8 Å². The zero-order chi connectivity index (χ0) is 26.1. The summed E-state index contributed by atoms with van der Waals surface area (Å²) in [6, 6.07) is 13.0. The van der Waals surface area contributed by atoms with Gasteiger partial charge < -0.3 is 19.6 Å². The van der Waals surface area contributed by atoms with Gasteiger partial charge in [-0.2, -0.15) is 0 Å². The Morgan fingerprint density at radius 2 is 1.84 bits per heavy atom. The Kier molecular flexibility index (Phi) is 6.56. The first kappa shape index (κ1) is 24.4. The molecule has 0 bridgehead atoms. The molecule has 0 aliphatic heterocycles. The lowest BCUT2D eigenvalue weighted by Gasteiger charge is -2.09. The van der Waals surface area contributed by atoms with Crippen molar-refractivity contribution < 1.29 is 22.7 Å². The average molecular weight is 508 g/mol. The molecular weight excluding hydrogens is 483 g/mol. The number of benzene rings is 3. The van der Waals surface area contributed by atoms with Crippen LogP contribution in [0.3, 0.4) is 0 Å². The van der Waals surface area contributed by atoms with Gasteiger partial charge in [-0.3, -0.25) is 4.79 Å². The van der Waals surface area contributed by atoms with Crippen LogP contribution in [-0.2, 0) is 7.05 Å². The number of H-pyrrole nitrogens is 1. The fourth-order valence-corrected chi connectivity index (χ4v) is 4.22. The Morgan fingerprint density at radius 1 is 1.05 bits per heavy atom. The largest absolute Gasteiger partial charge is 0.494 e. The summed E-state index contributed by atoms with van der Waals surface area (Å²) in [7, 11) is 1.83. The SMILES string of the molecule is CC(c1nc2c(F)cc(F)cc2[nH]1)c1nc2ccc(C(=O)NCCCOc3ccc(F)cc3)cc2n1C. The lowest BCUT2D eigenvalue weighted by molar-refractivity contribution is 0.0951. The van der Waals surface area contributed by atoms with Crippen molar-refractivity contribution in [2.45, 2.75) is 19.3 Å².